The van der Waals surface area contributed by atoms with Crippen LogP contribution in [0.15, 0.2) is 73.2 Å². The molecule has 0 saturated carbocycles. The van der Waals surface area contributed by atoms with Crippen molar-refractivity contribution in [2.24, 2.45) is 0 Å². The number of H-pyrrole nitrogens is 2. The van der Waals surface area contributed by atoms with Crippen LogP contribution in [0.4, 0.5) is 0 Å². The highest BCUT2D eigenvalue weighted by Gasteiger charge is 2.16. The number of hydrogen-bond acceptors (Lipinski definition) is 3. The number of pyridine rings is 2. The van der Waals surface area contributed by atoms with Gasteiger partial charge in [0.2, 0.25) is 0 Å². The van der Waals surface area contributed by atoms with E-state index in [9.17, 15) is 0 Å². The molecule has 5 heteroatoms. The summed E-state index contributed by atoms with van der Waals surface area (Å²) in [6.45, 7) is 2.15. The smallest absolute Gasteiger partial charge is 0.116 e. The fourth-order valence-electron chi connectivity index (χ4n) is 4.30. The molecule has 5 aromatic rings. The van der Waals surface area contributed by atoms with E-state index < -0.39 is 0 Å². The maximum Gasteiger partial charge on any atom is 0.116 e. The summed E-state index contributed by atoms with van der Waals surface area (Å²) in [5.41, 5.74) is 9.75. The molecular weight excluding hydrogens is 382 g/mol. The lowest BCUT2D eigenvalue weighted by atomic mass is 10.0. The molecule has 0 unspecified atom stereocenters. The first-order valence-corrected chi connectivity index (χ1v) is 10.6. The monoisotopic (exact) mass is 403 g/mol. The summed E-state index contributed by atoms with van der Waals surface area (Å²) in [6, 6.07) is 12.8. The van der Waals surface area contributed by atoms with Gasteiger partial charge in [0.25, 0.3) is 0 Å². The lowest BCUT2D eigenvalue weighted by Gasteiger charge is -2.04. The second-order valence-electron chi connectivity index (χ2n) is 7.90. The third-order valence-corrected chi connectivity index (χ3v) is 5.98. The second kappa shape index (κ2) is 7.06. The van der Waals surface area contributed by atoms with Gasteiger partial charge in [0.1, 0.15) is 5.69 Å². The van der Waals surface area contributed by atoms with Gasteiger partial charge in [-0.25, -0.2) is 0 Å². The minimum atomic E-state index is 0.914. The van der Waals surface area contributed by atoms with Crippen molar-refractivity contribution in [3.8, 4) is 22.5 Å². The summed E-state index contributed by atoms with van der Waals surface area (Å²) < 4.78 is 0. The summed E-state index contributed by atoms with van der Waals surface area (Å²) in [6.07, 6.45) is 14.0. The molecule has 0 spiro atoms. The third kappa shape index (κ3) is 2.97. The van der Waals surface area contributed by atoms with E-state index in [0.29, 0.717) is 0 Å². The first-order chi connectivity index (χ1) is 15.3. The average Bonchev–Trinajstić information content (AvgIpc) is 3.57. The zero-order chi connectivity index (χ0) is 20.8. The highest BCUT2D eigenvalue weighted by Crippen LogP contribution is 2.34. The van der Waals surface area contributed by atoms with Gasteiger partial charge in [0, 0.05) is 40.4 Å². The predicted octanol–water partition coefficient (Wildman–Crippen LogP) is 6.07. The van der Waals surface area contributed by atoms with Crippen molar-refractivity contribution in [3.05, 3.63) is 84.5 Å². The van der Waals surface area contributed by atoms with Gasteiger partial charge < -0.3 is 4.98 Å². The van der Waals surface area contributed by atoms with Crippen LogP contribution in [0, 0.1) is 0 Å². The summed E-state index contributed by atoms with van der Waals surface area (Å²) in [7, 11) is 0. The van der Waals surface area contributed by atoms with Crippen LogP contribution in [0.5, 0.6) is 0 Å². The first kappa shape index (κ1) is 17.8. The van der Waals surface area contributed by atoms with Crippen LogP contribution in [0.2, 0.25) is 0 Å². The van der Waals surface area contributed by atoms with Crippen LogP contribution in [-0.4, -0.2) is 25.1 Å². The van der Waals surface area contributed by atoms with Crippen molar-refractivity contribution in [2.75, 3.05) is 0 Å². The van der Waals surface area contributed by atoms with Crippen LogP contribution >= 0.6 is 0 Å². The van der Waals surface area contributed by atoms with Crippen molar-refractivity contribution in [1.82, 2.24) is 25.1 Å². The van der Waals surface area contributed by atoms with Gasteiger partial charge in [0.05, 0.1) is 16.9 Å². The van der Waals surface area contributed by atoms with Crippen LogP contribution in [0.25, 0.3) is 49.9 Å². The normalized spacial score (nSPS) is 13.4. The quantitative estimate of drug-likeness (QED) is 0.382. The summed E-state index contributed by atoms with van der Waals surface area (Å²) in [5, 5.41) is 10.0. The third-order valence-electron chi connectivity index (χ3n) is 5.98. The molecule has 0 bridgehead atoms. The molecule has 1 aliphatic rings. The molecule has 4 heterocycles. The number of aromatic nitrogens is 5. The highest BCUT2D eigenvalue weighted by molar-refractivity contribution is 6.00. The summed E-state index contributed by atoms with van der Waals surface area (Å²) in [4.78, 5) is 12.6. The maximum atomic E-state index is 4.65. The van der Waals surface area contributed by atoms with Crippen LogP contribution in [-0.2, 0) is 6.42 Å². The van der Waals surface area contributed by atoms with Gasteiger partial charge in [-0.05, 0) is 59.9 Å². The van der Waals surface area contributed by atoms with E-state index in [-0.39, 0.29) is 0 Å². The van der Waals surface area contributed by atoms with Crippen molar-refractivity contribution >= 4 is 27.4 Å². The number of fused-ring (bicyclic) bond motifs is 2. The predicted molar refractivity (Wildman–Crippen MR) is 126 cm³/mol. The topological polar surface area (TPSA) is 70.2 Å². The standard InChI is InChI=1S/C26H21N5/c1-2-16-11-19(15-27-14-16)18-7-8-23-20(12-18)26(31-30-23)24-13-21-22(29-24)9-10-28-25(21)17-5-3-4-6-17/h3-5,7-15,29H,2,6H2,1H3,(H,30,31). The first-order valence-electron chi connectivity index (χ1n) is 10.6. The zero-order valence-corrected chi connectivity index (χ0v) is 17.2. The highest BCUT2D eigenvalue weighted by atomic mass is 15.1. The van der Waals surface area contributed by atoms with E-state index in [1.807, 2.05) is 24.7 Å². The fourth-order valence-corrected chi connectivity index (χ4v) is 4.30. The summed E-state index contributed by atoms with van der Waals surface area (Å²) >= 11 is 0. The minimum Gasteiger partial charge on any atom is -0.353 e. The summed E-state index contributed by atoms with van der Waals surface area (Å²) in [5.74, 6) is 0. The maximum absolute atomic E-state index is 4.65. The van der Waals surface area contributed by atoms with Gasteiger partial charge in [0.15, 0.2) is 0 Å². The molecular formula is C26H21N5. The number of benzene rings is 1. The Kier molecular flexibility index (Phi) is 4.06. The van der Waals surface area contributed by atoms with E-state index in [4.69, 9.17) is 0 Å². The van der Waals surface area contributed by atoms with Crippen LogP contribution in [0.1, 0.15) is 24.6 Å². The molecule has 4 aromatic heterocycles. The van der Waals surface area contributed by atoms with E-state index in [0.717, 1.165) is 62.9 Å². The number of allylic oxidation sites excluding steroid dienone is 4. The molecule has 0 atom stereocenters. The Morgan fingerprint density at radius 2 is 1.87 bits per heavy atom. The molecule has 150 valence electrons. The lowest BCUT2D eigenvalue weighted by Crippen LogP contribution is -1.87. The van der Waals surface area contributed by atoms with E-state index in [1.54, 1.807) is 0 Å². The largest absolute Gasteiger partial charge is 0.353 e. The number of nitrogens with zero attached hydrogens (tertiary/aromatic N) is 3. The lowest BCUT2D eigenvalue weighted by molar-refractivity contribution is 1.10. The second-order valence-corrected chi connectivity index (χ2v) is 7.90. The zero-order valence-electron chi connectivity index (χ0n) is 17.2. The molecule has 1 aliphatic carbocycles. The Bertz CT molecular complexity index is 1500. The minimum absolute atomic E-state index is 0.914. The van der Waals surface area contributed by atoms with E-state index >= 15 is 0 Å². The van der Waals surface area contributed by atoms with Crippen molar-refractivity contribution < 1.29 is 0 Å². The number of aryl methyl sites for hydroxylation is 1. The van der Waals surface area contributed by atoms with Crippen LogP contribution < -0.4 is 0 Å². The molecule has 2 N–H and O–H groups in total. The molecule has 0 saturated heterocycles. The number of rotatable bonds is 4. The number of hydrogen-bond donors (Lipinski definition) is 2. The molecule has 5 nitrogen and oxygen atoms in total. The Morgan fingerprint density at radius 3 is 2.74 bits per heavy atom. The average molecular weight is 403 g/mol. The number of aromatic amines is 2. The number of nitrogens with one attached hydrogen (secondary N) is 2. The van der Waals surface area contributed by atoms with Crippen molar-refractivity contribution in [3.63, 3.8) is 0 Å². The Morgan fingerprint density at radius 1 is 0.935 bits per heavy atom. The van der Waals surface area contributed by atoms with Gasteiger partial charge in [-0.3, -0.25) is 15.1 Å². The van der Waals surface area contributed by atoms with Gasteiger partial charge in [-0.1, -0.05) is 31.2 Å². The van der Waals surface area contributed by atoms with E-state index in [1.165, 1.54) is 11.1 Å². The molecule has 0 aliphatic heterocycles. The van der Waals surface area contributed by atoms with Gasteiger partial charge in [-0.2, -0.15) is 5.10 Å². The molecule has 0 fully saturated rings. The van der Waals surface area contributed by atoms with Gasteiger partial charge in [-0.15, -0.1) is 0 Å². The van der Waals surface area contributed by atoms with Crippen molar-refractivity contribution in [2.45, 2.75) is 19.8 Å². The fraction of sp³-hybridized carbons (Fsp3) is 0.115. The Labute approximate surface area is 179 Å². The van der Waals surface area contributed by atoms with Crippen LogP contribution in [0.3, 0.4) is 0 Å². The SMILES string of the molecule is CCc1cncc(-c2ccc3[nH]nc(-c4cc5c(C6=CC=CC6)nccc5[nH]4)c3c2)c1. The van der Waals surface area contributed by atoms with Crippen molar-refractivity contribution in [1.29, 1.82) is 0 Å². The Hall–Kier alpha value is -3.99. The molecule has 0 amide bonds. The molecule has 6 rings (SSSR count). The Balaban J connectivity index is 1.48. The van der Waals surface area contributed by atoms with E-state index in [2.05, 4.69) is 80.6 Å². The van der Waals surface area contributed by atoms with Gasteiger partial charge >= 0.3 is 0 Å². The molecule has 31 heavy (non-hydrogen) atoms. The molecule has 0 radical (unpaired) electrons. The molecule has 1 aromatic carbocycles.